The SMILES string of the molecule is O=C1NC(=O)c2cc(C(=O)N3C4CCC3CC(O)(Cc3ccc(F)cc3F)C4)ccc21. The minimum absolute atomic E-state index is 0.0509. The van der Waals surface area contributed by atoms with Crippen molar-refractivity contribution in [2.45, 2.75) is 49.8 Å². The molecule has 3 amide bonds. The predicted octanol–water partition coefficient (Wildman–Crippen LogP) is 2.59. The van der Waals surface area contributed by atoms with Crippen LogP contribution in [-0.4, -0.2) is 45.4 Å². The van der Waals surface area contributed by atoms with Crippen LogP contribution in [0.5, 0.6) is 0 Å². The fraction of sp³-hybridized carbons (Fsp3) is 0.348. The average Bonchev–Trinajstić information content (AvgIpc) is 3.17. The molecule has 2 atom stereocenters. The Kier molecular flexibility index (Phi) is 4.44. The second-order valence-electron chi connectivity index (χ2n) is 8.69. The van der Waals surface area contributed by atoms with Gasteiger partial charge < -0.3 is 10.0 Å². The van der Waals surface area contributed by atoms with Gasteiger partial charge in [-0.25, -0.2) is 8.78 Å². The highest BCUT2D eigenvalue weighted by atomic mass is 19.1. The smallest absolute Gasteiger partial charge is 0.258 e. The third kappa shape index (κ3) is 3.31. The number of rotatable bonds is 3. The number of nitrogens with one attached hydrogen (secondary N) is 1. The molecule has 0 spiro atoms. The summed E-state index contributed by atoms with van der Waals surface area (Å²) < 4.78 is 27.3. The number of piperidine rings is 1. The Bertz CT molecular complexity index is 1120. The molecule has 0 radical (unpaired) electrons. The highest BCUT2D eigenvalue weighted by Gasteiger charge is 2.49. The van der Waals surface area contributed by atoms with Crippen LogP contribution in [0.3, 0.4) is 0 Å². The number of imide groups is 1. The van der Waals surface area contributed by atoms with Gasteiger partial charge >= 0.3 is 0 Å². The second kappa shape index (κ2) is 6.95. The molecular formula is C23H20F2N2O4. The van der Waals surface area contributed by atoms with E-state index in [-0.39, 0.29) is 53.9 Å². The summed E-state index contributed by atoms with van der Waals surface area (Å²) in [5, 5.41) is 13.4. The summed E-state index contributed by atoms with van der Waals surface area (Å²) >= 11 is 0. The van der Waals surface area contributed by atoms with E-state index in [1.807, 2.05) is 0 Å². The van der Waals surface area contributed by atoms with Crippen LogP contribution < -0.4 is 5.32 Å². The van der Waals surface area contributed by atoms with Crippen molar-refractivity contribution in [2.75, 3.05) is 0 Å². The van der Waals surface area contributed by atoms with Crippen molar-refractivity contribution >= 4 is 17.7 Å². The van der Waals surface area contributed by atoms with E-state index in [4.69, 9.17) is 0 Å². The van der Waals surface area contributed by atoms with E-state index in [0.29, 0.717) is 18.4 Å². The first kappa shape index (κ1) is 19.8. The molecule has 8 heteroatoms. The molecule has 31 heavy (non-hydrogen) atoms. The Balaban J connectivity index is 1.37. The molecule has 0 saturated carbocycles. The van der Waals surface area contributed by atoms with Crippen LogP contribution in [0.4, 0.5) is 8.78 Å². The summed E-state index contributed by atoms with van der Waals surface area (Å²) in [7, 11) is 0. The van der Waals surface area contributed by atoms with Gasteiger partial charge in [-0.15, -0.1) is 0 Å². The van der Waals surface area contributed by atoms with Gasteiger partial charge in [0.2, 0.25) is 0 Å². The zero-order valence-corrected chi connectivity index (χ0v) is 16.5. The third-order valence-electron chi connectivity index (χ3n) is 6.60. The minimum atomic E-state index is -1.19. The standard InChI is InChI=1S/C23H20F2N2O4/c24-14-3-1-13(19(25)8-14)9-23(31)10-15-4-5-16(11-23)27(15)22(30)12-2-6-17-18(7-12)21(29)26-20(17)28/h1-3,6-8,15-16,31H,4-5,9-11H2,(H,26,28,29). The topological polar surface area (TPSA) is 86.7 Å². The third-order valence-corrected chi connectivity index (χ3v) is 6.60. The molecule has 160 valence electrons. The average molecular weight is 426 g/mol. The van der Waals surface area contributed by atoms with Crippen LogP contribution in [0, 0.1) is 11.6 Å². The van der Waals surface area contributed by atoms with Gasteiger partial charge in [-0.3, -0.25) is 19.7 Å². The number of benzene rings is 2. The Morgan fingerprint density at radius 3 is 2.39 bits per heavy atom. The molecule has 5 rings (SSSR count). The summed E-state index contributed by atoms with van der Waals surface area (Å²) in [6, 6.07) is 7.33. The van der Waals surface area contributed by atoms with Crippen LogP contribution in [0.1, 0.15) is 62.3 Å². The van der Waals surface area contributed by atoms with Crippen molar-refractivity contribution in [2.24, 2.45) is 0 Å². The molecule has 2 bridgehead atoms. The molecule has 2 N–H and O–H groups in total. The van der Waals surface area contributed by atoms with Crippen molar-refractivity contribution < 1.29 is 28.3 Å². The lowest BCUT2D eigenvalue weighted by atomic mass is 9.81. The van der Waals surface area contributed by atoms with E-state index in [1.165, 1.54) is 30.3 Å². The maximum Gasteiger partial charge on any atom is 0.258 e. The Hall–Kier alpha value is -3.13. The molecule has 3 aliphatic heterocycles. The summed E-state index contributed by atoms with van der Waals surface area (Å²) in [6.07, 6.45) is 2.06. The molecule has 2 saturated heterocycles. The lowest BCUT2D eigenvalue weighted by molar-refractivity contribution is -0.0431. The summed E-state index contributed by atoms with van der Waals surface area (Å²) in [6.45, 7) is 0. The Morgan fingerprint density at radius 2 is 1.71 bits per heavy atom. The zero-order chi connectivity index (χ0) is 21.9. The Morgan fingerprint density at radius 1 is 1.03 bits per heavy atom. The maximum atomic E-state index is 14.1. The summed E-state index contributed by atoms with van der Waals surface area (Å²) in [5.41, 5.74) is -0.193. The van der Waals surface area contributed by atoms with Crippen LogP contribution in [0.2, 0.25) is 0 Å². The number of hydrogen-bond acceptors (Lipinski definition) is 4. The van der Waals surface area contributed by atoms with E-state index in [9.17, 15) is 28.3 Å². The van der Waals surface area contributed by atoms with E-state index in [0.717, 1.165) is 6.07 Å². The molecular weight excluding hydrogens is 406 g/mol. The van der Waals surface area contributed by atoms with Crippen molar-refractivity contribution in [3.63, 3.8) is 0 Å². The summed E-state index contributed by atoms with van der Waals surface area (Å²) in [5.74, 6) is -2.61. The van der Waals surface area contributed by atoms with Gasteiger partial charge in [0.05, 0.1) is 16.7 Å². The van der Waals surface area contributed by atoms with Crippen molar-refractivity contribution in [3.05, 3.63) is 70.3 Å². The number of carbonyl (C=O) groups is 3. The van der Waals surface area contributed by atoms with Crippen molar-refractivity contribution in [1.29, 1.82) is 0 Å². The monoisotopic (exact) mass is 426 g/mol. The lowest BCUT2D eigenvalue weighted by Gasteiger charge is -2.44. The molecule has 2 aromatic rings. The van der Waals surface area contributed by atoms with Gasteiger partial charge in [0.1, 0.15) is 11.6 Å². The summed E-state index contributed by atoms with van der Waals surface area (Å²) in [4.78, 5) is 38.6. The molecule has 2 unspecified atom stereocenters. The van der Waals surface area contributed by atoms with Crippen LogP contribution in [-0.2, 0) is 6.42 Å². The molecule has 3 heterocycles. The van der Waals surface area contributed by atoms with Crippen LogP contribution >= 0.6 is 0 Å². The Labute approximate surface area is 176 Å². The largest absolute Gasteiger partial charge is 0.389 e. The highest BCUT2D eigenvalue weighted by Crippen LogP contribution is 2.43. The van der Waals surface area contributed by atoms with E-state index < -0.39 is 29.0 Å². The number of halogens is 2. The molecule has 3 aliphatic rings. The van der Waals surface area contributed by atoms with Crippen molar-refractivity contribution in [1.82, 2.24) is 10.2 Å². The number of fused-ring (bicyclic) bond motifs is 3. The fourth-order valence-corrected chi connectivity index (χ4v) is 5.27. The maximum absolute atomic E-state index is 14.1. The van der Waals surface area contributed by atoms with E-state index in [2.05, 4.69) is 5.32 Å². The quantitative estimate of drug-likeness (QED) is 0.739. The van der Waals surface area contributed by atoms with Crippen LogP contribution in [0.15, 0.2) is 36.4 Å². The van der Waals surface area contributed by atoms with Gasteiger partial charge in [-0.1, -0.05) is 6.07 Å². The number of aliphatic hydroxyl groups is 1. The normalized spacial score (nSPS) is 26.7. The molecule has 2 fully saturated rings. The fourth-order valence-electron chi connectivity index (χ4n) is 5.27. The number of carbonyl (C=O) groups excluding carboxylic acids is 3. The van der Waals surface area contributed by atoms with Gasteiger partial charge in [-0.05, 0) is 55.5 Å². The number of nitrogens with zero attached hydrogens (tertiary/aromatic N) is 1. The zero-order valence-electron chi connectivity index (χ0n) is 16.5. The van der Waals surface area contributed by atoms with Gasteiger partial charge in [0.15, 0.2) is 0 Å². The van der Waals surface area contributed by atoms with Gasteiger partial charge in [0, 0.05) is 30.1 Å². The van der Waals surface area contributed by atoms with Gasteiger partial charge in [-0.2, -0.15) is 0 Å². The lowest BCUT2D eigenvalue weighted by Crippen LogP contribution is -2.54. The minimum Gasteiger partial charge on any atom is -0.389 e. The first-order chi connectivity index (χ1) is 14.7. The first-order valence-electron chi connectivity index (χ1n) is 10.2. The highest BCUT2D eigenvalue weighted by molar-refractivity contribution is 6.22. The van der Waals surface area contributed by atoms with Gasteiger partial charge in [0.25, 0.3) is 17.7 Å². The molecule has 6 nitrogen and oxygen atoms in total. The van der Waals surface area contributed by atoms with Crippen molar-refractivity contribution in [3.8, 4) is 0 Å². The molecule has 0 aliphatic carbocycles. The number of hydrogen-bond donors (Lipinski definition) is 2. The second-order valence-corrected chi connectivity index (χ2v) is 8.69. The predicted molar refractivity (Wildman–Crippen MR) is 105 cm³/mol. The first-order valence-corrected chi connectivity index (χ1v) is 10.2. The number of amides is 3. The molecule has 2 aromatic carbocycles. The van der Waals surface area contributed by atoms with E-state index >= 15 is 0 Å². The molecule has 0 aromatic heterocycles. The van der Waals surface area contributed by atoms with E-state index in [1.54, 1.807) is 4.90 Å². The van der Waals surface area contributed by atoms with Crippen LogP contribution in [0.25, 0.3) is 0 Å².